The minimum Gasteiger partial charge on any atom is -0.508 e. The molecule has 0 unspecified atom stereocenters. The Kier molecular flexibility index (Phi) is 3.27. The van der Waals surface area contributed by atoms with Crippen LogP contribution in [0.4, 0.5) is 0 Å². The van der Waals surface area contributed by atoms with Crippen LogP contribution in [0.5, 0.6) is 5.75 Å². The molecular weight excluding hydrogens is 312 g/mol. The first-order valence-corrected chi connectivity index (χ1v) is 7.65. The van der Waals surface area contributed by atoms with Gasteiger partial charge in [0.1, 0.15) is 35.0 Å². The zero-order chi connectivity index (χ0) is 17.4. The minimum absolute atomic E-state index is 0.168. The summed E-state index contributed by atoms with van der Waals surface area (Å²) in [5.41, 5.74) is 2.59. The van der Waals surface area contributed by atoms with Gasteiger partial charge in [-0.15, -0.1) is 0 Å². The summed E-state index contributed by atoms with van der Waals surface area (Å²) in [5, 5.41) is 29.6. The van der Waals surface area contributed by atoms with E-state index in [4.69, 9.17) is 0 Å². The van der Waals surface area contributed by atoms with Crippen molar-refractivity contribution < 1.29 is 5.11 Å². The zero-order valence-electron chi connectivity index (χ0n) is 13.1. The maximum Gasteiger partial charge on any atom is 0.141 e. The predicted molar refractivity (Wildman–Crippen MR) is 93.7 cm³/mol. The van der Waals surface area contributed by atoms with E-state index in [0.717, 1.165) is 16.6 Å². The van der Waals surface area contributed by atoms with Gasteiger partial charge in [-0.1, -0.05) is 18.2 Å². The molecule has 0 bridgehead atoms. The van der Waals surface area contributed by atoms with Crippen LogP contribution in [0.15, 0.2) is 66.9 Å². The highest BCUT2D eigenvalue weighted by atomic mass is 16.3. The van der Waals surface area contributed by atoms with Gasteiger partial charge in [-0.2, -0.15) is 10.5 Å². The molecule has 0 aliphatic carbocycles. The number of benzene rings is 2. The molecule has 25 heavy (non-hydrogen) atoms. The summed E-state index contributed by atoms with van der Waals surface area (Å²) in [4.78, 5) is 0. The van der Waals surface area contributed by atoms with E-state index < -0.39 is 0 Å². The fraction of sp³-hybridized carbons (Fsp3) is 0. The number of nitrogens with zero attached hydrogens (tertiary/aromatic N) is 4. The van der Waals surface area contributed by atoms with Crippen molar-refractivity contribution in [3.05, 3.63) is 78.1 Å². The van der Waals surface area contributed by atoms with Gasteiger partial charge in [0.25, 0.3) is 0 Å². The van der Waals surface area contributed by atoms with E-state index in [2.05, 4.69) is 12.1 Å². The average Bonchev–Trinajstić information content (AvgIpc) is 3.23. The van der Waals surface area contributed by atoms with Crippen molar-refractivity contribution >= 4 is 10.9 Å². The van der Waals surface area contributed by atoms with Gasteiger partial charge in [0.2, 0.25) is 0 Å². The quantitative estimate of drug-likeness (QED) is 0.608. The van der Waals surface area contributed by atoms with E-state index >= 15 is 0 Å². The van der Waals surface area contributed by atoms with Crippen LogP contribution >= 0.6 is 0 Å². The van der Waals surface area contributed by atoms with Gasteiger partial charge in [0.15, 0.2) is 0 Å². The number of hydrogen-bond donors (Lipinski definition) is 1. The first kappa shape index (κ1) is 14.6. The third-order valence-electron chi connectivity index (χ3n) is 4.16. The number of aromatic nitrogens is 2. The highest BCUT2D eigenvalue weighted by molar-refractivity contribution is 5.92. The van der Waals surface area contributed by atoms with E-state index in [-0.39, 0.29) is 5.75 Å². The molecule has 0 saturated heterocycles. The standard InChI is InChI=1S/C20H12N4O/c21-12-15-4-3-11-23(15)20-18(13-22)17-5-1-2-6-19(17)24(20)14-7-9-16(25)10-8-14/h1-11,25H. The highest BCUT2D eigenvalue weighted by Gasteiger charge is 2.20. The van der Waals surface area contributed by atoms with Crippen molar-refractivity contribution in [2.75, 3.05) is 0 Å². The maximum absolute atomic E-state index is 9.78. The predicted octanol–water partition coefficient (Wildman–Crippen LogP) is 3.87. The van der Waals surface area contributed by atoms with Crippen molar-refractivity contribution in [3.63, 3.8) is 0 Å². The Balaban J connectivity index is 2.17. The molecule has 5 heteroatoms. The Morgan fingerprint density at radius 3 is 2.32 bits per heavy atom. The molecular formula is C20H12N4O. The second-order valence-electron chi connectivity index (χ2n) is 5.55. The summed E-state index contributed by atoms with van der Waals surface area (Å²) in [6, 6.07) is 22.3. The van der Waals surface area contributed by atoms with Crippen molar-refractivity contribution in [3.8, 4) is 29.4 Å². The molecule has 0 aliphatic rings. The smallest absolute Gasteiger partial charge is 0.141 e. The molecule has 118 valence electrons. The number of fused-ring (bicyclic) bond motifs is 1. The molecule has 5 nitrogen and oxygen atoms in total. The largest absolute Gasteiger partial charge is 0.508 e. The first-order chi connectivity index (χ1) is 12.2. The number of hydrogen-bond acceptors (Lipinski definition) is 3. The molecule has 0 saturated carbocycles. The molecule has 2 heterocycles. The number of phenols is 1. The van der Waals surface area contributed by atoms with Crippen molar-refractivity contribution in [1.82, 2.24) is 9.13 Å². The lowest BCUT2D eigenvalue weighted by molar-refractivity contribution is 0.475. The zero-order valence-corrected chi connectivity index (χ0v) is 13.1. The lowest BCUT2D eigenvalue weighted by Gasteiger charge is -2.13. The molecule has 1 N–H and O–H groups in total. The number of nitriles is 2. The maximum atomic E-state index is 9.78. The Labute approximate surface area is 143 Å². The van der Waals surface area contributed by atoms with Crippen LogP contribution in [0.25, 0.3) is 22.4 Å². The van der Waals surface area contributed by atoms with E-state index in [0.29, 0.717) is 17.1 Å². The van der Waals surface area contributed by atoms with Gasteiger partial charge in [-0.3, -0.25) is 9.13 Å². The third kappa shape index (κ3) is 2.15. The van der Waals surface area contributed by atoms with E-state index in [1.54, 1.807) is 47.2 Å². The fourth-order valence-corrected chi connectivity index (χ4v) is 3.08. The van der Waals surface area contributed by atoms with E-state index in [9.17, 15) is 15.6 Å². The van der Waals surface area contributed by atoms with Crippen LogP contribution in [0.3, 0.4) is 0 Å². The van der Waals surface area contributed by atoms with Crippen molar-refractivity contribution in [2.24, 2.45) is 0 Å². The summed E-state index contributed by atoms with van der Waals surface area (Å²) in [6.45, 7) is 0. The lowest BCUT2D eigenvalue weighted by atomic mass is 10.2. The summed E-state index contributed by atoms with van der Waals surface area (Å²) in [5.74, 6) is 0.775. The fourth-order valence-electron chi connectivity index (χ4n) is 3.08. The average molecular weight is 324 g/mol. The number of rotatable bonds is 2. The summed E-state index contributed by atoms with van der Waals surface area (Å²) < 4.78 is 3.64. The Morgan fingerprint density at radius 2 is 1.60 bits per heavy atom. The minimum atomic E-state index is 0.168. The normalized spacial score (nSPS) is 10.5. The van der Waals surface area contributed by atoms with Crippen LogP contribution in [-0.4, -0.2) is 14.2 Å². The molecule has 2 aromatic carbocycles. The number of aromatic hydroxyl groups is 1. The number of phenolic OH excluding ortho intramolecular Hbond substituents is 1. The van der Waals surface area contributed by atoms with Gasteiger partial charge in [-0.05, 0) is 42.5 Å². The SMILES string of the molecule is N#Cc1c(-n2cccc2C#N)n(-c2ccc(O)cc2)c2ccccc12. The number of para-hydroxylation sites is 1. The van der Waals surface area contributed by atoms with Crippen LogP contribution in [0, 0.1) is 22.7 Å². The Morgan fingerprint density at radius 1 is 0.840 bits per heavy atom. The second kappa shape index (κ2) is 5.59. The monoisotopic (exact) mass is 324 g/mol. The van der Waals surface area contributed by atoms with E-state index in [1.165, 1.54) is 0 Å². The Hall–Kier alpha value is -3.96. The van der Waals surface area contributed by atoms with Gasteiger partial charge >= 0.3 is 0 Å². The summed E-state index contributed by atoms with van der Waals surface area (Å²) in [7, 11) is 0. The van der Waals surface area contributed by atoms with Crippen molar-refractivity contribution in [2.45, 2.75) is 0 Å². The Bertz CT molecular complexity index is 1170. The van der Waals surface area contributed by atoms with Gasteiger partial charge < -0.3 is 5.11 Å². The second-order valence-corrected chi connectivity index (χ2v) is 5.55. The van der Waals surface area contributed by atoms with Crippen LogP contribution < -0.4 is 0 Å². The lowest BCUT2D eigenvalue weighted by Crippen LogP contribution is -2.06. The molecule has 0 atom stereocenters. The van der Waals surface area contributed by atoms with E-state index in [1.807, 2.05) is 28.8 Å². The molecule has 4 aromatic rings. The van der Waals surface area contributed by atoms with Crippen LogP contribution in [0.2, 0.25) is 0 Å². The molecule has 4 rings (SSSR count). The van der Waals surface area contributed by atoms with Gasteiger partial charge in [-0.25, -0.2) is 0 Å². The summed E-state index contributed by atoms with van der Waals surface area (Å²) in [6.07, 6.45) is 1.77. The van der Waals surface area contributed by atoms with Gasteiger partial charge in [0, 0.05) is 17.3 Å². The molecule has 0 aliphatic heterocycles. The highest BCUT2D eigenvalue weighted by Crippen LogP contribution is 2.33. The van der Waals surface area contributed by atoms with Gasteiger partial charge in [0.05, 0.1) is 5.52 Å². The van der Waals surface area contributed by atoms with Crippen molar-refractivity contribution in [1.29, 1.82) is 10.5 Å². The molecule has 0 fully saturated rings. The molecule has 2 aromatic heterocycles. The summed E-state index contributed by atoms with van der Waals surface area (Å²) >= 11 is 0. The molecule has 0 amide bonds. The van der Waals surface area contributed by atoms with Crippen LogP contribution in [0.1, 0.15) is 11.3 Å². The molecule has 0 spiro atoms. The first-order valence-electron chi connectivity index (χ1n) is 7.65. The van der Waals surface area contributed by atoms with Crippen LogP contribution in [-0.2, 0) is 0 Å². The third-order valence-corrected chi connectivity index (χ3v) is 4.16. The molecule has 0 radical (unpaired) electrons. The topological polar surface area (TPSA) is 77.7 Å².